The van der Waals surface area contributed by atoms with Crippen LogP contribution in [0.2, 0.25) is 0 Å². The molecule has 0 spiro atoms. The first-order chi connectivity index (χ1) is 17.3. The summed E-state index contributed by atoms with van der Waals surface area (Å²) in [6.07, 6.45) is 0. The van der Waals surface area contributed by atoms with Crippen molar-refractivity contribution in [3.05, 3.63) is 138 Å². The Kier molecular flexibility index (Phi) is 6.67. The molecular weight excluding hydrogens is 484 g/mol. The summed E-state index contributed by atoms with van der Waals surface area (Å²) in [6, 6.07) is 38.8. The van der Waals surface area contributed by atoms with Gasteiger partial charge in [-0.3, -0.25) is 4.21 Å². The van der Waals surface area contributed by atoms with Crippen molar-refractivity contribution in [3.8, 4) is 0 Å². The number of ether oxygens (including phenoxy) is 1. The van der Waals surface area contributed by atoms with Crippen LogP contribution in [0.15, 0.2) is 120 Å². The van der Waals surface area contributed by atoms with E-state index in [-0.39, 0.29) is 5.92 Å². The average Bonchev–Trinajstić information content (AvgIpc) is 3.37. The fourth-order valence-corrected chi connectivity index (χ4v) is 7.85. The van der Waals surface area contributed by atoms with Crippen LogP contribution in [-0.4, -0.2) is 15.0 Å². The van der Waals surface area contributed by atoms with Crippen LogP contribution in [0.25, 0.3) is 0 Å². The SMILES string of the molecule is Cc1ccc(S(=O)[C@]2(Cl)[C@@H](C)[C@]2(C)COC(c2ccccc2)(c2ccccc2)c2ccccc2)cc1. The van der Waals surface area contributed by atoms with Crippen molar-refractivity contribution >= 4 is 22.4 Å². The van der Waals surface area contributed by atoms with Crippen molar-refractivity contribution in [1.29, 1.82) is 0 Å². The molecule has 4 aromatic rings. The Morgan fingerprint density at radius 2 is 1.19 bits per heavy atom. The van der Waals surface area contributed by atoms with Crippen LogP contribution >= 0.6 is 11.6 Å². The molecule has 4 aromatic carbocycles. The number of alkyl halides is 1. The molecule has 1 unspecified atom stereocenters. The van der Waals surface area contributed by atoms with Crippen molar-refractivity contribution in [2.45, 2.75) is 35.5 Å². The Labute approximate surface area is 221 Å². The minimum atomic E-state index is -1.37. The van der Waals surface area contributed by atoms with E-state index in [0.717, 1.165) is 27.1 Å². The Balaban J connectivity index is 1.56. The number of hydrogen-bond donors (Lipinski definition) is 0. The van der Waals surface area contributed by atoms with E-state index in [0.29, 0.717) is 6.61 Å². The average molecular weight is 515 g/mol. The molecule has 0 bridgehead atoms. The summed E-state index contributed by atoms with van der Waals surface area (Å²) in [5.74, 6) is 0.00817. The molecule has 0 aromatic heterocycles. The minimum Gasteiger partial charge on any atom is -0.360 e. The fraction of sp³-hybridized carbons (Fsp3) is 0.250. The van der Waals surface area contributed by atoms with Gasteiger partial charge in [0.25, 0.3) is 0 Å². The molecule has 0 aliphatic heterocycles. The van der Waals surface area contributed by atoms with E-state index in [4.69, 9.17) is 16.3 Å². The smallest absolute Gasteiger partial charge is 0.143 e. The number of benzene rings is 4. The van der Waals surface area contributed by atoms with Gasteiger partial charge in [-0.05, 0) is 41.7 Å². The van der Waals surface area contributed by atoms with Gasteiger partial charge in [-0.2, -0.15) is 0 Å². The standard InChI is InChI=1S/C32H31ClO2S/c1-24-19-21-29(22-20-24)36(34)32(33)25(2)30(32,3)23-35-31(26-13-7-4-8-14-26,27-15-9-5-10-16-27)28-17-11-6-12-18-28/h4-22,25H,23H2,1-3H3/t25-,30-,32+,36?/m0/s1. The third-order valence-corrected chi connectivity index (χ3v) is 11.1. The van der Waals surface area contributed by atoms with Gasteiger partial charge in [-0.15, -0.1) is 11.6 Å². The van der Waals surface area contributed by atoms with Gasteiger partial charge in [0, 0.05) is 10.3 Å². The van der Waals surface area contributed by atoms with Gasteiger partial charge < -0.3 is 4.74 Å². The van der Waals surface area contributed by atoms with E-state index in [1.807, 2.05) is 85.8 Å². The lowest BCUT2D eigenvalue weighted by molar-refractivity contribution is -0.0140. The Bertz CT molecular complexity index is 1240. The Morgan fingerprint density at radius 1 is 0.778 bits per heavy atom. The van der Waals surface area contributed by atoms with Gasteiger partial charge in [0.05, 0.1) is 17.4 Å². The first-order valence-corrected chi connectivity index (χ1v) is 13.8. The molecule has 0 radical (unpaired) electrons. The van der Waals surface area contributed by atoms with Gasteiger partial charge >= 0.3 is 0 Å². The maximum atomic E-state index is 13.7. The molecule has 2 nitrogen and oxygen atoms in total. The maximum Gasteiger partial charge on any atom is 0.143 e. The molecule has 184 valence electrons. The van der Waals surface area contributed by atoms with E-state index < -0.39 is 26.0 Å². The van der Waals surface area contributed by atoms with E-state index >= 15 is 0 Å². The third kappa shape index (κ3) is 3.94. The zero-order valence-corrected chi connectivity index (χ0v) is 22.4. The van der Waals surface area contributed by atoms with Crippen LogP contribution in [0.3, 0.4) is 0 Å². The lowest BCUT2D eigenvalue weighted by atomic mass is 9.80. The topological polar surface area (TPSA) is 26.3 Å². The first-order valence-electron chi connectivity index (χ1n) is 12.3. The van der Waals surface area contributed by atoms with E-state index in [1.54, 1.807) is 0 Å². The van der Waals surface area contributed by atoms with Crippen LogP contribution in [0.5, 0.6) is 0 Å². The van der Waals surface area contributed by atoms with Crippen LogP contribution < -0.4 is 0 Å². The largest absolute Gasteiger partial charge is 0.360 e. The minimum absolute atomic E-state index is 0.00817. The molecule has 1 fully saturated rings. The highest BCUT2D eigenvalue weighted by Gasteiger charge is 2.75. The summed E-state index contributed by atoms with van der Waals surface area (Å²) in [4.78, 5) is 0.756. The Morgan fingerprint density at radius 3 is 1.61 bits per heavy atom. The monoisotopic (exact) mass is 514 g/mol. The lowest BCUT2D eigenvalue weighted by Gasteiger charge is -2.37. The van der Waals surface area contributed by atoms with Crippen molar-refractivity contribution in [2.24, 2.45) is 11.3 Å². The number of aryl methyl sites for hydroxylation is 1. The highest BCUT2D eigenvalue weighted by molar-refractivity contribution is 7.88. The van der Waals surface area contributed by atoms with Gasteiger partial charge in [-0.25, -0.2) is 0 Å². The highest BCUT2D eigenvalue weighted by Crippen LogP contribution is 2.69. The normalized spacial score (nSPS) is 24.3. The predicted octanol–water partition coefficient (Wildman–Crippen LogP) is 7.70. The molecule has 0 heterocycles. The van der Waals surface area contributed by atoms with E-state index in [1.165, 1.54) is 0 Å². The van der Waals surface area contributed by atoms with Crippen LogP contribution in [0, 0.1) is 18.3 Å². The van der Waals surface area contributed by atoms with Crippen molar-refractivity contribution in [3.63, 3.8) is 0 Å². The second-order valence-corrected chi connectivity index (χ2v) is 12.4. The molecule has 0 saturated heterocycles. The van der Waals surface area contributed by atoms with E-state index in [2.05, 4.69) is 50.2 Å². The quantitative estimate of drug-likeness (QED) is 0.178. The van der Waals surface area contributed by atoms with E-state index in [9.17, 15) is 4.21 Å². The number of rotatable bonds is 8. The second kappa shape index (κ2) is 9.63. The summed E-state index contributed by atoms with van der Waals surface area (Å²) in [6.45, 7) is 6.56. The van der Waals surface area contributed by atoms with Crippen molar-refractivity contribution < 1.29 is 8.95 Å². The molecule has 5 rings (SSSR count). The van der Waals surface area contributed by atoms with Crippen molar-refractivity contribution in [1.82, 2.24) is 0 Å². The molecule has 0 N–H and O–H groups in total. The van der Waals surface area contributed by atoms with Gasteiger partial charge in [0.2, 0.25) is 0 Å². The summed E-state index contributed by atoms with van der Waals surface area (Å²) < 4.78 is 19.9. The summed E-state index contributed by atoms with van der Waals surface area (Å²) in [7, 11) is -1.37. The van der Waals surface area contributed by atoms with Crippen molar-refractivity contribution in [2.75, 3.05) is 6.61 Å². The summed E-state index contributed by atoms with van der Waals surface area (Å²) in [5, 5.41) is 0. The van der Waals surface area contributed by atoms with Crippen LogP contribution in [0.4, 0.5) is 0 Å². The van der Waals surface area contributed by atoms with Gasteiger partial charge in [-0.1, -0.05) is 123 Å². The molecule has 1 aliphatic rings. The maximum absolute atomic E-state index is 13.7. The number of halogens is 1. The molecule has 1 aliphatic carbocycles. The highest BCUT2D eigenvalue weighted by atomic mass is 35.5. The zero-order chi connectivity index (χ0) is 25.4. The second-order valence-electron chi connectivity index (χ2n) is 9.93. The van der Waals surface area contributed by atoms with Crippen LogP contribution in [-0.2, 0) is 21.1 Å². The molecular formula is C32H31ClO2S. The predicted molar refractivity (Wildman–Crippen MR) is 149 cm³/mol. The Hall–Kier alpha value is -2.72. The summed E-state index contributed by atoms with van der Waals surface area (Å²) in [5.41, 5.74) is 2.94. The molecule has 4 heteroatoms. The molecule has 0 amide bonds. The molecule has 4 atom stereocenters. The zero-order valence-electron chi connectivity index (χ0n) is 20.9. The van der Waals surface area contributed by atoms with Gasteiger partial charge in [0.1, 0.15) is 9.81 Å². The van der Waals surface area contributed by atoms with Crippen LogP contribution in [0.1, 0.15) is 36.1 Å². The third-order valence-electron chi connectivity index (χ3n) is 7.84. The number of hydrogen-bond acceptors (Lipinski definition) is 2. The molecule has 1 saturated carbocycles. The fourth-order valence-electron chi connectivity index (χ4n) is 5.27. The molecule has 36 heavy (non-hydrogen) atoms. The van der Waals surface area contributed by atoms with Gasteiger partial charge in [0.15, 0.2) is 0 Å². The lowest BCUT2D eigenvalue weighted by Crippen LogP contribution is -2.36. The summed E-state index contributed by atoms with van der Waals surface area (Å²) >= 11 is 7.21. The first kappa shape index (κ1) is 25.0.